The predicted molar refractivity (Wildman–Crippen MR) is 68.6 cm³/mol. The summed E-state index contributed by atoms with van der Waals surface area (Å²) in [5.74, 6) is 1.25. The van der Waals surface area contributed by atoms with Crippen LogP contribution in [0.25, 0.3) is 0 Å². The molecule has 7 heteroatoms. The zero-order chi connectivity index (χ0) is 13.1. The third kappa shape index (κ3) is 2.76. The van der Waals surface area contributed by atoms with Gasteiger partial charge >= 0.3 is 0 Å². The summed E-state index contributed by atoms with van der Waals surface area (Å²) in [6, 6.07) is 5.38. The van der Waals surface area contributed by atoms with E-state index in [0.29, 0.717) is 17.3 Å². The van der Waals surface area contributed by atoms with Gasteiger partial charge in [0, 0.05) is 5.69 Å². The van der Waals surface area contributed by atoms with E-state index in [9.17, 15) is 0 Å². The van der Waals surface area contributed by atoms with E-state index in [1.54, 1.807) is 12.1 Å². The molecule has 0 aliphatic heterocycles. The van der Waals surface area contributed by atoms with Gasteiger partial charge in [-0.15, -0.1) is 0 Å². The Balaban J connectivity index is 2.11. The van der Waals surface area contributed by atoms with Crippen LogP contribution >= 0.6 is 0 Å². The van der Waals surface area contributed by atoms with Crippen molar-refractivity contribution in [2.75, 3.05) is 17.2 Å². The fourth-order valence-corrected chi connectivity index (χ4v) is 1.50. The van der Waals surface area contributed by atoms with Crippen LogP contribution in [0.15, 0.2) is 18.2 Å². The summed E-state index contributed by atoms with van der Waals surface area (Å²) in [5.41, 5.74) is 18.2. The number of aryl methyl sites for hydroxylation is 1. The number of benzene rings is 1. The molecule has 94 valence electrons. The van der Waals surface area contributed by atoms with Crippen LogP contribution < -0.4 is 21.9 Å². The van der Waals surface area contributed by atoms with E-state index >= 15 is 0 Å². The Morgan fingerprint density at radius 1 is 1.06 bits per heavy atom. The molecule has 2 rings (SSSR count). The number of aromatic nitrogens is 3. The molecule has 0 radical (unpaired) electrons. The molecule has 6 N–H and O–H groups in total. The van der Waals surface area contributed by atoms with Gasteiger partial charge in [0.1, 0.15) is 12.4 Å². The molecule has 0 saturated carbocycles. The van der Waals surface area contributed by atoms with E-state index in [0.717, 1.165) is 5.56 Å². The number of nitrogen functional groups attached to an aromatic ring is 3. The molecule has 0 unspecified atom stereocenters. The highest BCUT2D eigenvalue weighted by atomic mass is 16.5. The zero-order valence-corrected chi connectivity index (χ0v) is 9.92. The molecule has 1 heterocycles. The van der Waals surface area contributed by atoms with Crippen LogP contribution in [0.1, 0.15) is 11.4 Å². The van der Waals surface area contributed by atoms with Crippen molar-refractivity contribution in [2.24, 2.45) is 0 Å². The molecule has 18 heavy (non-hydrogen) atoms. The molecule has 1 aromatic carbocycles. The topological polar surface area (TPSA) is 126 Å². The monoisotopic (exact) mass is 246 g/mol. The van der Waals surface area contributed by atoms with Crippen molar-refractivity contribution >= 4 is 17.6 Å². The molecule has 0 fully saturated rings. The van der Waals surface area contributed by atoms with E-state index in [1.807, 2.05) is 13.0 Å². The van der Waals surface area contributed by atoms with E-state index in [4.69, 9.17) is 21.9 Å². The summed E-state index contributed by atoms with van der Waals surface area (Å²) < 4.78 is 5.57. The van der Waals surface area contributed by atoms with Crippen molar-refractivity contribution < 1.29 is 4.74 Å². The summed E-state index contributed by atoms with van der Waals surface area (Å²) in [6.45, 7) is 2.07. The van der Waals surface area contributed by atoms with Crippen molar-refractivity contribution in [2.45, 2.75) is 13.5 Å². The van der Waals surface area contributed by atoms with E-state index < -0.39 is 0 Å². The average Bonchev–Trinajstić information content (AvgIpc) is 2.26. The lowest BCUT2D eigenvalue weighted by Crippen LogP contribution is -2.09. The Morgan fingerprint density at radius 2 is 1.72 bits per heavy atom. The fraction of sp³-hybridized carbons (Fsp3) is 0.182. The largest absolute Gasteiger partial charge is 0.485 e. The summed E-state index contributed by atoms with van der Waals surface area (Å²) in [6.07, 6.45) is 0. The second kappa shape index (κ2) is 4.74. The maximum atomic E-state index is 5.65. The minimum atomic E-state index is 0.0788. The smallest absolute Gasteiger partial charge is 0.225 e. The number of anilines is 3. The highest BCUT2D eigenvalue weighted by Gasteiger charge is 2.05. The Bertz CT molecular complexity index is 551. The van der Waals surface area contributed by atoms with Crippen LogP contribution in [0.4, 0.5) is 17.6 Å². The lowest BCUT2D eigenvalue weighted by atomic mass is 10.2. The number of hydrogen-bond acceptors (Lipinski definition) is 7. The fourth-order valence-electron chi connectivity index (χ4n) is 1.50. The van der Waals surface area contributed by atoms with Gasteiger partial charge in [-0.3, -0.25) is 0 Å². The Labute approximate surface area is 104 Å². The van der Waals surface area contributed by atoms with Crippen molar-refractivity contribution in [1.82, 2.24) is 15.0 Å². The van der Waals surface area contributed by atoms with Gasteiger partial charge in [0.25, 0.3) is 0 Å². The number of nitrogens with zero attached hydrogens (tertiary/aromatic N) is 3. The van der Waals surface area contributed by atoms with Gasteiger partial charge in [-0.05, 0) is 30.7 Å². The summed E-state index contributed by atoms with van der Waals surface area (Å²) in [7, 11) is 0. The SMILES string of the molecule is Cc1cc(N)ccc1OCc1nc(N)nc(N)n1. The average molecular weight is 246 g/mol. The normalized spacial score (nSPS) is 10.3. The van der Waals surface area contributed by atoms with Gasteiger partial charge in [0.15, 0.2) is 5.82 Å². The van der Waals surface area contributed by atoms with Gasteiger partial charge in [0.05, 0.1) is 0 Å². The molecule has 0 atom stereocenters. The first kappa shape index (κ1) is 11.9. The van der Waals surface area contributed by atoms with Crippen LogP contribution in [0, 0.1) is 6.92 Å². The number of hydrogen-bond donors (Lipinski definition) is 3. The van der Waals surface area contributed by atoms with Crippen molar-refractivity contribution in [3.63, 3.8) is 0 Å². The molecule has 0 saturated heterocycles. The quantitative estimate of drug-likeness (QED) is 0.673. The predicted octanol–water partition coefficient (Wildman–Crippen LogP) is 0.506. The first-order valence-corrected chi connectivity index (χ1v) is 5.29. The first-order valence-electron chi connectivity index (χ1n) is 5.29. The van der Waals surface area contributed by atoms with Crippen LogP contribution in [-0.4, -0.2) is 15.0 Å². The van der Waals surface area contributed by atoms with Gasteiger partial charge in [0.2, 0.25) is 11.9 Å². The highest BCUT2D eigenvalue weighted by Crippen LogP contribution is 2.20. The second-order valence-corrected chi connectivity index (χ2v) is 3.78. The number of ether oxygens (including phenoxy) is 1. The van der Waals surface area contributed by atoms with Gasteiger partial charge in [-0.2, -0.15) is 15.0 Å². The zero-order valence-electron chi connectivity index (χ0n) is 9.92. The lowest BCUT2D eigenvalue weighted by molar-refractivity contribution is 0.294. The molecule has 0 spiro atoms. The minimum Gasteiger partial charge on any atom is -0.485 e. The second-order valence-electron chi connectivity index (χ2n) is 3.78. The third-order valence-electron chi connectivity index (χ3n) is 2.27. The van der Waals surface area contributed by atoms with E-state index in [-0.39, 0.29) is 18.5 Å². The molecule has 0 aliphatic rings. The maximum absolute atomic E-state index is 5.65. The third-order valence-corrected chi connectivity index (χ3v) is 2.27. The van der Waals surface area contributed by atoms with Crippen molar-refractivity contribution in [1.29, 1.82) is 0 Å². The Morgan fingerprint density at radius 3 is 2.33 bits per heavy atom. The Hall–Kier alpha value is -2.57. The summed E-state index contributed by atoms with van der Waals surface area (Å²) in [5, 5.41) is 0. The lowest BCUT2D eigenvalue weighted by Gasteiger charge is -2.09. The number of nitrogens with two attached hydrogens (primary N) is 3. The maximum Gasteiger partial charge on any atom is 0.225 e. The molecular weight excluding hydrogens is 232 g/mol. The standard InChI is InChI=1S/C11H14N6O/c1-6-4-7(12)2-3-8(6)18-5-9-15-10(13)17-11(14)16-9/h2-4H,5,12H2,1H3,(H4,13,14,15,16,17). The van der Waals surface area contributed by atoms with Crippen LogP contribution in [0.5, 0.6) is 5.75 Å². The van der Waals surface area contributed by atoms with Gasteiger partial charge in [-0.1, -0.05) is 0 Å². The summed E-state index contributed by atoms with van der Waals surface area (Å²) in [4.78, 5) is 11.5. The van der Waals surface area contributed by atoms with Crippen LogP contribution in [0.2, 0.25) is 0 Å². The molecular formula is C11H14N6O. The molecule has 0 bridgehead atoms. The molecule has 1 aromatic heterocycles. The molecule has 2 aromatic rings. The van der Waals surface area contributed by atoms with Gasteiger partial charge in [-0.25, -0.2) is 0 Å². The minimum absolute atomic E-state index is 0.0788. The molecule has 0 aliphatic carbocycles. The van der Waals surface area contributed by atoms with E-state index in [1.165, 1.54) is 0 Å². The molecule has 7 nitrogen and oxygen atoms in total. The van der Waals surface area contributed by atoms with Crippen molar-refractivity contribution in [3.05, 3.63) is 29.6 Å². The summed E-state index contributed by atoms with van der Waals surface area (Å²) >= 11 is 0. The molecule has 0 amide bonds. The van der Waals surface area contributed by atoms with E-state index in [2.05, 4.69) is 15.0 Å². The van der Waals surface area contributed by atoms with Crippen molar-refractivity contribution in [3.8, 4) is 5.75 Å². The van der Waals surface area contributed by atoms with Crippen LogP contribution in [-0.2, 0) is 6.61 Å². The number of rotatable bonds is 3. The van der Waals surface area contributed by atoms with Crippen LogP contribution in [0.3, 0.4) is 0 Å². The highest BCUT2D eigenvalue weighted by molar-refractivity contribution is 5.47. The Kier molecular flexibility index (Phi) is 3.13. The first-order chi connectivity index (χ1) is 8.54. The van der Waals surface area contributed by atoms with Gasteiger partial charge < -0.3 is 21.9 Å².